The molecule has 0 unspecified atom stereocenters. The van der Waals surface area contributed by atoms with Crippen molar-refractivity contribution in [1.82, 2.24) is 10.6 Å². The maximum Gasteiger partial charge on any atom is 1.00 e. The van der Waals surface area contributed by atoms with Crippen molar-refractivity contribution in [3.05, 3.63) is 80.5 Å². The Morgan fingerprint density at radius 3 is 1.31 bits per heavy atom. The van der Waals surface area contributed by atoms with Crippen molar-refractivity contribution in [2.45, 2.75) is 115 Å². The van der Waals surface area contributed by atoms with Gasteiger partial charge in [0.15, 0.2) is 0 Å². The number of nitrogens with one attached hydrogen (secondary N) is 2. The maximum absolute atomic E-state index is 11.8. The fourth-order valence-electron chi connectivity index (χ4n) is 4.51. The zero-order chi connectivity index (χ0) is 54.6. The molecule has 2 rings (SSSR count). The second-order valence-corrected chi connectivity index (χ2v) is 21.6. The number of alkyl carbamates (subject to hydrolysis) is 2. The summed E-state index contributed by atoms with van der Waals surface area (Å²) >= 11 is 0. The van der Waals surface area contributed by atoms with Crippen molar-refractivity contribution in [1.29, 1.82) is 0 Å². The van der Waals surface area contributed by atoms with E-state index in [-0.39, 0.29) is 53.3 Å². The van der Waals surface area contributed by atoms with Crippen LogP contribution in [0.1, 0.15) is 85.3 Å². The van der Waals surface area contributed by atoms with Crippen LogP contribution in [0.15, 0.2) is 58.8 Å². The number of carboxylic acids is 2. The molecule has 30 heteroatoms. The Bertz CT molecular complexity index is 1920. The van der Waals surface area contributed by atoms with Crippen LogP contribution in [-0.4, -0.2) is 111 Å². The van der Waals surface area contributed by atoms with E-state index in [0.717, 1.165) is 11.1 Å². The summed E-state index contributed by atoms with van der Waals surface area (Å²) in [6.07, 6.45) is 0.724. The number of nitrogens with zero attached hydrogens (tertiary/aromatic N) is 6. The third kappa shape index (κ3) is 42.6. The van der Waals surface area contributed by atoms with Crippen LogP contribution in [0.3, 0.4) is 0 Å². The Hall–Kier alpha value is -5.09. The van der Waals surface area contributed by atoms with Crippen molar-refractivity contribution in [3.8, 4) is 0 Å². The van der Waals surface area contributed by atoms with Crippen molar-refractivity contribution in [2.24, 2.45) is 21.9 Å². The molecule has 2 aromatic rings. The van der Waals surface area contributed by atoms with Crippen LogP contribution >= 0.6 is 43.2 Å². The maximum atomic E-state index is 11.8. The summed E-state index contributed by atoms with van der Waals surface area (Å²) in [5.41, 5.74) is 23.3. The van der Waals surface area contributed by atoms with E-state index < -0.39 is 65.8 Å². The summed E-state index contributed by atoms with van der Waals surface area (Å²) in [4.78, 5) is 81.1. The first kappa shape index (κ1) is 71.2. The quantitative estimate of drug-likeness (QED) is 0.0102. The van der Waals surface area contributed by atoms with Gasteiger partial charge in [-0.15, -0.1) is 0 Å². The third-order valence-electron chi connectivity index (χ3n) is 7.75. The summed E-state index contributed by atoms with van der Waals surface area (Å²) in [7, 11) is 6.28. The predicted octanol–water partition coefficient (Wildman–Crippen LogP) is 6.93. The molecular weight excluding hydrogens is 1040 g/mol. The van der Waals surface area contributed by atoms with Crippen LogP contribution in [0.4, 0.5) is 35.3 Å². The van der Waals surface area contributed by atoms with E-state index in [1.165, 1.54) is 10.8 Å². The number of aliphatic carboxylic acids is 2. The molecule has 0 aliphatic rings. The largest absolute Gasteiger partial charge is 1.00 e. The van der Waals surface area contributed by atoms with Gasteiger partial charge in [-0.2, -0.15) is 0 Å². The van der Waals surface area contributed by atoms with E-state index in [4.69, 9.17) is 61.0 Å². The molecule has 396 valence electrons. The molecule has 0 aliphatic carbocycles. The number of ether oxygens (including phenoxy) is 5. The molecule has 0 spiro atoms. The minimum atomic E-state index is -2.08. The van der Waals surface area contributed by atoms with Gasteiger partial charge in [0.25, 0.3) is 0 Å². The molecule has 0 heterocycles. The smallest absolute Gasteiger partial charge is 0.565 e. The molecule has 0 aliphatic heterocycles. The van der Waals surface area contributed by atoms with Crippen LogP contribution in [0, 0.1) is 5.92 Å². The molecule has 0 aromatic heterocycles. The Morgan fingerprint density at radius 2 is 1.01 bits per heavy atom. The molecular formula is C42H62N9NaO16S4. The molecule has 2 amide bonds. The zero-order valence-electron chi connectivity index (χ0n) is 41.6. The normalized spacial score (nSPS) is 11.9. The number of azide groups is 2. The topological polar surface area (TPSA) is 397 Å². The van der Waals surface area contributed by atoms with Crippen LogP contribution in [0.25, 0.3) is 20.9 Å². The summed E-state index contributed by atoms with van der Waals surface area (Å²) in [6.45, 7) is 12.7. The minimum absolute atomic E-state index is 0. The van der Waals surface area contributed by atoms with Crippen molar-refractivity contribution >= 4 is 97.1 Å². The Morgan fingerprint density at radius 1 is 0.667 bits per heavy atom. The van der Waals surface area contributed by atoms with Gasteiger partial charge in [0.1, 0.15) is 30.5 Å². The molecule has 0 saturated heterocycles. The molecule has 0 radical (unpaired) electrons. The van der Waals surface area contributed by atoms with Crippen molar-refractivity contribution in [2.75, 3.05) is 25.6 Å². The van der Waals surface area contributed by atoms with E-state index in [9.17, 15) is 28.8 Å². The Labute approximate surface area is 455 Å². The second kappa shape index (κ2) is 40.4. The number of hydrogen-bond donors (Lipinski definition) is 6. The molecule has 2 aromatic carbocycles. The van der Waals surface area contributed by atoms with Crippen molar-refractivity contribution in [3.63, 3.8) is 0 Å². The van der Waals surface area contributed by atoms with Crippen LogP contribution in [-0.2, 0) is 46.5 Å². The van der Waals surface area contributed by atoms with Gasteiger partial charge in [-0.25, -0.2) is 19.2 Å². The van der Waals surface area contributed by atoms with E-state index in [1.54, 1.807) is 129 Å². The second-order valence-electron chi connectivity index (χ2n) is 16.0. The van der Waals surface area contributed by atoms with Crippen LogP contribution < -0.4 is 51.0 Å². The average Bonchev–Trinajstić information content (AvgIpc) is 3.26. The third-order valence-corrected chi connectivity index (χ3v) is 12.3. The summed E-state index contributed by atoms with van der Waals surface area (Å²) in [6, 6.07) is 12.5. The number of rotatable bonds is 22. The first-order valence-electron chi connectivity index (χ1n) is 20.9. The molecule has 0 fully saturated rings. The number of amides is 2. The molecule has 7 N–H and O–H groups in total. The van der Waals surface area contributed by atoms with Gasteiger partial charge in [0.05, 0.1) is 5.92 Å². The van der Waals surface area contributed by atoms with E-state index in [1.807, 2.05) is 12.5 Å². The number of carbonyl (C=O) groups is 7. The van der Waals surface area contributed by atoms with Gasteiger partial charge >= 0.3 is 66.0 Å². The summed E-state index contributed by atoms with van der Waals surface area (Å²) in [5, 5.41) is 45.5. The van der Waals surface area contributed by atoms with Gasteiger partial charge in [0, 0.05) is 44.8 Å². The predicted molar refractivity (Wildman–Crippen MR) is 269 cm³/mol. The van der Waals surface area contributed by atoms with Gasteiger partial charge in [-0.3, -0.25) is 9.59 Å². The number of benzene rings is 2. The molecule has 0 bridgehead atoms. The number of hydrogen-bond acceptors (Lipinski definition) is 20. The Balaban J connectivity index is -0.000000980. The standard InChI is InChI=1S/C16H22N4O4S2.C15H21N5O4S2.C10H18O5.CH2O3.Na/c1-11(15(21)22)3-8-14(26-25-2)9-18-16(23)24-10-12-4-6-13(7-5-12)19-20-17;1-25-26-12(6-7-13(16)14(21)22)8-18-15(23)24-9-10-2-4-11(5-3-10)19-20-17;1-9(2,3)14-7(11)13-8(12)15-10(4,5)6;2-1(3)4;/h4-7,11,14H,3,8-10H2,1-2H3,(H,18,23)(H,21,22);2-5,12-13H,6-9,16H2,1H3,(H,18,23)(H,21,22);1-6H3;(H2,2,3,4);/q;;;;+1/p-1/t11-,14-;12-,13-;;;/m00.../s1. The summed E-state index contributed by atoms with van der Waals surface area (Å²) in [5.74, 6) is -2.24. The van der Waals surface area contributed by atoms with Gasteiger partial charge in [0.2, 0.25) is 6.16 Å². The Kier molecular flexibility index (Phi) is 39.9. The first-order valence-corrected chi connectivity index (χ1v) is 26.1. The molecule has 72 heavy (non-hydrogen) atoms. The minimum Gasteiger partial charge on any atom is -0.565 e. The van der Waals surface area contributed by atoms with Gasteiger partial charge < -0.3 is 65.3 Å². The number of carbonyl (C=O) groups excluding carboxylic acids is 4. The average molecular weight is 1100 g/mol. The van der Waals surface area contributed by atoms with Crippen LogP contribution in [0.2, 0.25) is 0 Å². The first-order chi connectivity index (χ1) is 33.1. The zero-order valence-corrected chi connectivity index (χ0v) is 46.9. The van der Waals surface area contributed by atoms with Gasteiger partial charge in [-0.1, -0.05) is 109 Å². The van der Waals surface area contributed by atoms with E-state index in [2.05, 4.69) is 35.4 Å². The van der Waals surface area contributed by atoms with E-state index in [0.29, 0.717) is 50.1 Å². The monoisotopic (exact) mass is 1100 g/mol. The SMILES string of the molecule is CC(C)(C)OC(=O)OC(=O)OC(C)(C)C.CSS[C@@H](CC[C@H](C)C(=O)O)CNC(=O)OCc1ccc(N=[N+]=[N-])cc1.CSS[C@@H](CC[C@H](N)C(=O)O)CNC(=O)OCc1ccc(N=[N+]=[N-])cc1.O=C([O-])O.[Na+]. The molecule has 4 atom stereocenters. The fraction of sp³-hybridized carbons (Fsp3) is 0.548. The molecule has 0 saturated carbocycles. The molecule has 25 nitrogen and oxygen atoms in total. The number of carboxylic acid groups (broad SMARTS) is 4. The van der Waals surface area contributed by atoms with E-state index >= 15 is 0 Å². The van der Waals surface area contributed by atoms with Gasteiger partial charge in [-0.05, 0) is 102 Å². The summed E-state index contributed by atoms with van der Waals surface area (Å²) < 4.78 is 24.1. The van der Waals surface area contributed by atoms with Crippen LogP contribution in [0.5, 0.6) is 0 Å². The van der Waals surface area contributed by atoms with Crippen molar-refractivity contribution < 1.29 is 107 Å². The number of nitrogens with two attached hydrogens (primary N) is 1. The fourth-order valence-corrected chi connectivity index (χ4v) is 8.44.